The SMILES string of the molecule is Cc1nc(-c2ccc(C(F)(F)F)nc2)n2ccccc12. The van der Waals surface area contributed by atoms with Crippen LogP contribution in [-0.4, -0.2) is 14.4 Å². The van der Waals surface area contributed by atoms with E-state index in [0.29, 0.717) is 11.4 Å². The molecule has 20 heavy (non-hydrogen) atoms. The summed E-state index contributed by atoms with van der Waals surface area (Å²) in [7, 11) is 0. The zero-order valence-electron chi connectivity index (χ0n) is 10.5. The van der Waals surface area contributed by atoms with Crippen molar-refractivity contribution in [3.8, 4) is 11.4 Å². The summed E-state index contributed by atoms with van der Waals surface area (Å²) in [6, 6.07) is 7.99. The van der Waals surface area contributed by atoms with Crippen molar-refractivity contribution in [2.24, 2.45) is 0 Å². The molecule has 3 aromatic heterocycles. The monoisotopic (exact) mass is 277 g/mol. The number of hydrogen-bond acceptors (Lipinski definition) is 2. The van der Waals surface area contributed by atoms with Gasteiger partial charge in [-0.2, -0.15) is 13.2 Å². The quantitative estimate of drug-likeness (QED) is 0.678. The molecule has 0 unspecified atom stereocenters. The maximum atomic E-state index is 12.5. The van der Waals surface area contributed by atoms with Crippen LogP contribution in [-0.2, 0) is 6.18 Å². The molecule has 0 bridgehead atoms. The molecule has 0 fully saturated rings. The standard InChI is InChI=1S/C14H10F3N3/c1-9-11-4-2-3-7-20(11)13(19-9)10-5-6-12(18-8-10)14(15,16)17/h2-8H,1H3. The highest BCUT2D eigenvalue weighted by Gasteiger charge is 2.32. The predicted octanol–water partition coefficient (Wildman–Crippen LogP) is 3.72. The van der Waals surface area contributed by atoms with Crippen molar-refractivity contribution in [2.45, 2.75) is 13.1 Å². The average Bonchev–Trinajstić information content (AvgIpc) is 2.76. The number of pyridine rings is 2. The summed E-state index contributed by atoms with van der Waals surface area (Å²) in [6.07, 6.45) is -1.41. The van der Waals surface area contributed by atoms with Gasteiger partial charge in [0.2, 0.25) is 0 Å². The summed E-state index contributed by atoms with van der Waals surface area (Å²) in [5.41, 5.74) is 1.38. The van der Waals surface area contributed by atoms with E-state index in [9.17, 15) is 13.2 Å². The van der Waals surface area contributed by atoms with E-state index in [0.717, 1.165) is 17.3 Å². The first kappa shape index (κ1) is 12.7. The maximum absolute atomic E-state index is 12.5. The molecule has 0 atom stereocenters. The Bertz CT molecular complexity index is 757. The number of nitrogens with zero attached hydrogens (tertiary/aromatic N) is 3. The highest BCUT2D eigenvalue weighted by atomic mass is 19.4. The number of alkyl halides is 3. The van der Waals surface area contributed by atoms with Gasteiger partial charge >= 0.3 is 6.18 Å². The Kier molecular flexibility index (Phi) is 2.74. The highest BCUT2D eigenvalue weighted by molar-refractivity contribution is 5.64. The maximum Gasteiger partial charge on any atom is 0.433 e. The van der Waals surface area contributed by atoms with E-state index in [-0.39, 0.29) is 0 Å². The Morgan fingerprint density at radius 3 is 2.55 bits per heavy atom. The number of rotatable bonds is 1. The Balaban J connectivity index is 2.12. The summed E-state index contributed by atoms with van der Waals surface area (Å²) in [5, 5.41) is 0. The van der Waals surface area contributed by atoms with Crippen LogP contribution in [0.15, 0.2) is 42.7 Å². The van der Waals surface area contributed by atoms with Gasteiger partial charge in [0.1, 0.15) is 11.5 Å². The van der Waals surface area contributed by atoms with Crippen LogP contribution < -0.4 is 0 Å². The molecule has 6 heteroatoms. The van der Waals surface area contributed by atoms with Gasteiger partial charge in [0.05, 0.1) is 11.2 Å². The van der Waals surface area contributed by atoms with Crippen molar-refractivity contribution < 1.29 is 13.2 Å². The van der Waals surface area contributed by atoms with Gasteiger partial charge in [0.25, 0.3) is 0 Å². The molecule has 3 aromatic rings. The molecule has 0 aliphatic rings. The first-order valence-electron chi connectivity index (χ1n) is 5.94. The van der Waals surface area contributed by atoms with Gasteiger partial charge in [-0.1, -0.05) is 6.07 Å². The minimum atomic E-state index is -4.43. The molecule has 0 spiro atoms. The van der Waals surface area contributed by atoms with Gasteiger partial charge in [0, 0.05) is 18.0 Å². The molecule has 0 aliphatic heterocycles. The Morgan fingerprint density at radius 2 is 1.90 bits per heavy atom. The number of imidazole rings is 1. The van der Waals surface area contributed by atoms with Crippen LogP contribution in [0.5, 0.6) is 0 Å². The van der Waals surface area contributed by atoms with Crippen LogP contribution in [0.1, 0.15) is 11.4 Å². The fraction of sp³-hybridized carbons (Fsp3) is 0.143. The van der Waals surface area contributed by atoms with Crippen molar-refractivity contribution in [3.63, 3.8) is 0 Å². The topological polar surface area (TPSA) is 30.2 Å². The molecule has 0 N–H and O–H groups in total. The third-order valence-electron chi connectivity index (χ3n) is 3.04. The van der Waals surface area contributed by atoms with E-state index in [1.54, 1.807) is 0 Å². The van der Waals surface area contributed by atoms with E-state index in [1.807, 2.05) is 35.7 Å². The Hall–Kier alpha value is -2.37. The first-order valence-corrected chi connectivity index (χ1v) is 5.94. The number of fused-ring (bicyclic) bond motifs is 1. The summed E-state index contributed by atoms with van der Waals surface area (Å²) in [4.78, 5) is 7.86. The molecule has 0 amide bonds. The lowest BCUT2D eigenvalue weighted by Crippen LogP contribution is -2.07. The van der Waals surface area contributed by atoms with Crippen LogP contribution in [0, 0.1) is 6.92 Å². The van der Waals surface area contributed by atoms with Gasteiger partial charge in [-0.3, -0.25) is 9.38 Å². The second-order valence-corrected chi connectivity index (χ2v) is 4.41. The van der Waals surface area contributed by atoms with Crippen LogP contribution >= 0.6 is 0 Å². The smallest absolute Gasteiger partial charge is 0.299 e. The molecular weight excluding hydrogens is 267 g/mol. The zero-order chi connectivity index (χ0) is 14.3. The van der Waals surface area contributed by atoms with Gasteiger partial charge in [-0.05, 0) is 31.2 Å². The summed E-state index contributed by atoms with van der Waals surface area (Å²) in [5.74, 6) is 0.583. The average molecular weight is 277 g/mol. The number of halogens is 3. The van der Waals surface area contributed by atoms with Crippen molar-refractivity contribution in [2.75, 3.05) is 0 Å². The molecule has 0 aromatic carbocycles. The molecule has 3 nitrogen and oxygen atoms in total. The van der Waals surface area contributed by atoms with Crippen molar-refractivity contribution in [1.82, 2.24) is 14.4 Å². The molecule has 0 saturated heterocycles. The van der Waals surface area contributed by atoms with Crippen LogP contribution in [0.2, 0.25) is 0 Å². The summed E-state index contributed by atoms with van der Waals surface area (Å²) >= 11 is 0. The lowest BCUT2D eigenvalue weighted by Gasteiger charge is -2.06. The predicted molar refractivity (Wildman–Crippen MR) is 68.2 cm³/mol. The van der Waals surface area contributed by atoms with Crippen LogP contribution in [0.4, 0.5) is 13.2 Å². The Labute approximate surface area is 112 Å². The zero-order valence-corrected chi connectivity index (χ0v) is 10.5. The van der Waals surface area contributed by atoms with Gasteiger partial charge < -0.3 is 0 Å². The second kappa shape index (κ2) is 4.33. The molecule has 3 heterocycles. The minimum absolute atomic E-state index is 0.548. The fourth-order valence-electron chi connectivity index (χ4n) is 2.09. The molecule has 102 valence electrons. The Morgan fingerprint density at radius 1 is 1.10 bits per heavy atom. The van der Waals surface area contributed by atoms with Crippen molar-refractivity contribution in [3.05, 3.63) is 54.1 Å². The van der Waals surface area contributed by atoms with E-state index in [2.05, 4.69) is 9.97 Å². The molecule has 0 radical (unpaired) electrons. The molecule has 3 rings (SSSR count). The van der Waals surface area contributed by atoms with E-state index < -0.39 is 11.9 Å². The van der Waals surface area contributed by atoms with Gasteiger partial charge in [-0.25, -0.2) is 4.98 Å². The normalized spacial score (nSPS) is 12.0. The highest BCUT2D eigenvalue weighted by Crippen LogP contribution is 2.29. The number of hydrogen-bond donors (Lipinski definition) is 0. The number of aromatic nitrogens is 3. The van der Waals surface area contributed by atoms with Crippen molar-refractivity contribution in [1.29, 1.82) is 0 Å². The lowest BCUT2D eigenvalue weighted by atomic mass is 10.2. The third kappa shape index (κ3) is 2.03. The van der Waals surface area contributed by atoms with Gasteiger partial charge in [0.15, 0.2) is 0 Å². The third-order valence-corrected chi connectivity index (χ3v) is 3.04. The van der Waals surface area contributed by atoms with Crippen molar-refractivity contribution >= 4 is 5.52 Å². The lowest BCUT2D eigenvalue weighted by molar-refractivity contribution is -0.141. The second-order valence-electron chi connectivity index (χ2n) is 4.41. The fourth-order valence-corrected chi connectivity index (χ4v) is 2.09. The molecule has 0 aliphatic carbocycles. The van der Waals surface area contributed by atoms with E-state index in [1.165, 1.54) is 12.3 Å². The molecular formula is C14H10F3N3. The first-order chi connectivity index (χ1) is 9.47. The minimum Gasteiger partial charge on any atom is -0.299 e. The van der Waals surface area contributed by atoms with Gasteiger partial charge in [-0.15, -0.1) is 0 Å². The largest absolute Gasteiger partial charge is 0.433 e. The van der Waals surface area contributed by atoms with Crippen LogP contribution in [0.3, 0.4) is 0 Å². The van der Waals surface area contributed by atoms with E-state index in [4.69, 9.17) is 0 Å². The number of aryl methyl sites for hydroxylation is 1. The summed E-state index contributed by atoms with van der Waals surface area (Å²) < 4.78 is 39.3. The van der Waals surface area contributed by atoms with Crippen LogP contribution in [0.25, 0.3) is 16.9 Å². The summed E-state index contributed by atoms with van der Waals surface area (Å²) in [6.45, 7) is 1.86. The molecule has 0 saturated carbocycles. The van der Waals surface area contributed by atoms with E-state index >= 15 is 0 Å².